The van der Waals surface area contributed by atoms with E-state index in [0.29, 0.717) is 37.3 Å². The minimum Gasteiger partial charge on any atom is -0.481 e. The fraction of sp³-hybridized carbons (Fsp3) is 0.548. The largest absolute Gasteiger partial charge is 0.481 e. The molecule has 1 aliphatic heterocycles. The Hall–Kier alpha value is -3.35. The first-order valence-corrected chi connectivity index (χ1v) is 14.6. The molecule has 2 aromatic carbocycles. The van der Waals surface area contributed by atoms with E-state index in [1.54, 1.807) is 17.9 Å². The molecule has 6 nitrogen and oxygen atoms in total. The SMILES string of the molecule is Cc1cc(F)ccc1C1CN(C2CCC(CC(=O)O)CC2)CCN1C(=O)NC[C@H](C)c1cc(C(F)(F)F)cc(C(F)(F)F)c1. The molecule has 2 amide bonds. The van der Waals surface area contributed by atoms with E-state index in [1.165, 1.54) is 19.1 Å². The first-order chi connectivity index (χ1) is 20.5. The molecular weight excluding hydrogens is 595 g/mol. The summed E-state index contributed by atoms with van der Waals surface area (Å²) in [6, 6.07) is 4.88. The molecular formula is C31H36F7N3O3. The second-order valence-corrected chi connectivity index (χ2v) is 11.9. The number of hydrogen-bond acceptors (Lipinski definition) is 3. The van der Waals surface area contributed by atoms with Gasteiger partial charge in [0, 0.05) is 38.6 Å². The predicted octanol–water partition coefficient (Wildman–Crippen LogP) is 7.38. The molecule has 1 aliphatic carbocycles. The fourth-order valence-electron chi connectivity index (χ4n) is 6.34. The molecule has 1 heterocycles. The minimum atomic E-state index is -4.98. The summed E-state index contributed by atoms with van der Waals surface area (Å²) in [7, 11) is 0. The van der Waals surface area contributed by atoms with Crippen molar-refractivity contribution in [2.24, 2.45) is 5.92 Å². The number of carbonyl (C=O) groups is 2. The third-order valence-electron chi connectivity index (χ3n) is 8.80. The van der Waals surface area contributed by atoms with Crippen molar-refractivity contribution in [3.05, 3.63) is 70.0 Å². The lowest BCUT2D eigenvalue weighted by molar-refractivity contribution is -0.143. The summed E-state index contributed by atoms with van der Waals surface area (Å²) in [6.45, 7) is 4.22. The molecule has 2 aliphatic rings. The molecule has 2 aromatic rings. The maximum Gasteiger partial charge on any atom is 0.416 e. The van der Waals surface area contributed by atoms with E-state index in [0.717, 1.165) is 31.2 Å². The van der Waals surface area contributed by atoms with Gasteiger partial charge in [-0.05, 0) is 91.5 Å². The number of alkyl halides is 6. The van der Waals surface area contributed by atoms with Crippen LogP contribution in [-0.4, -0.2) is 59.1 Å². The number of nitrogens with one attached hydrogen (secondary N) is 1. The highest BCUT2D eigenvalue weighted by molar-refractivity contribution is 5.75. The predicted molar refractivity (Wildman–Crippen MR) is 148 cm³/mol. The third kappa shape index (κ3) is 8.22. The van der Waals surface area contributed by atoms with E-state index < -0.39 is 53.3 Å². The number of nitrogens with zero attached hydrogens (tertiary/aromatic N) is 2. The van der Waals surface area contributed by atoms with Crippen LogP contribution in [0.5, 0.6) is 0 Å². The molecule has 2 fully saturated rings. The van der Waals surface area contributed by atoms with Gasteiger partial charge < -0.3 is 15.3 Å². The zero-order valence-corrected chi connectivity index (χ0v) is 24.4. The standard InChI is InChI=1S/C31H36F7N3O3/c1-18-11-24(32)5-8-26(18)27-17-40(25-6-3-20(4-7-25)12-28(42)43)9-10-41(27)29(44)39-16-19(2)21-13-22(30(33,34)35)15-23(14-21)31(36,37)38/h5,8,11,13-15,19-20,25,27H,3-4,6-7,9-10,12,16-17H2,1-2H3,(H,39,44)(H,42,43)/t19-,20?,25?,27?/m0/s1. The zero-order chi connectivity index (χ0) is 32.4. The van der Waals surface area contributed by atoms with Gasteiger partial charge in [0.05, 0.1) is 17.2 Å². The minimum absolute atomic E-state index is 0.0720. The molecule has 0 spiro atoms. The number of hydrogen-bond donors (Lipinski definition) is 2. The topological polar surface area (TPSA) is 72.9 Å². The highest BCUT2D eigenvalue weighted by atomic mass is 19.4. The Morgan fingerprint density at radius 2 is 1.57 bits per heavy atom. The summed E-state index contributed by atoms with van der Waals surface area (Å²) in [6.07, 6.45) is -6.64. The second-order valence-electron chi connectivity index (χ2n) is 11.9. The van der Waals surface area contributed by atoms with Crippen LogP contribution < -0.4 is 5.32 Å². The van der Waals surface area contributed by atoms with Crippen LogP contribution in [0, 0.1) is 18.7 Å². The van der Waals surface area contributed by atoms with Crippen molar-refractivity contribution in [3.63, 3.8) is 0 Å². The highest BCUT2D eigenvalue weighted by Crippen LogP contribution is 2.38. The number of aryl methyl sites for hydroxylation is 1. The molecule has 0 aromatic heterocycles. The van der Waals surface area contributed by atoms with Crippen LogP contribution in [-0.2, 0) is 17.1 Å². The van der Waals surface area contributed by atoms with Crippen LogP contribution in [0.2, 0.25) is 0 Å². The molecule has 0 radical (unpaired) electrons. The van der Waals surface area contributed by atoms with Gasteiger partial charge in [-0.3, -0.25) is 9.69 Å². The van der Waals surface area contributed by atoms with Crippen molar-refractivity contribution in [1.82, 2.24) is 15.1 Å². The summed E-state index contributed by atoms with van der Waals surface area (Å²) in [5.74, 6) is -1.99. The van der Waals surface area contributed by atoms with Crippen LogP contribution in [0.15, 0.2) is 36.4 Å². The average Bonchev–Trinajstić information content (AvgIpc) is 2.94. The number of amides is 2. The van der Waals surface area contributed by atoms with E-state index in [2.05, 4.69) is 10.2 Å². The van der Waals surface area contributed by atoms with E-state index in [1.807, 2.05) is 0 Å². The number of carbonyl (C=O) groups excluding carboxylic acids is 1. The van der Waals surface area contributed by atoms with Crippen LogP contribution in [0.1, 0.15) is 78.8 Å². The number of halogens is 7. The molecule has 1 saturated heterocycles. The van der Waals surface area contributed by atoms with Crippen molar-refractivity contribution >= 4 is 12.0 Å². The van der Waals surface area contributed by atoms with Gasteiger partial charge in [-0.15, -0.1) is 0 Å². The van der Waals surface area contributed by atoms with Crippen molar-refractivity contribution in [1.29, 1.82) is 0 Å². The fourth-order valence-corrected chi connectivity index (χ4v) is 6.34. The quantitative estimate of drug-likeness (QED) is 0.313. The van der Waals surface area contributed by atoms with Crippen molar-refractivity contribution < 1.29 is 45.4 Å². The van der Waals surface area contributed by atoms with Gasteiger partial charge in [0.1, 0.15) is 5.82 Å². The smallest absolute Gasteiger partial charge is 0.416 e. The summed E-state index contributed by atoms with van der Waals surface area (Å²) < 4.78 is 94.1. The first-order valence-electron chi connectivity index (χ1n) is 14.6. The number of piperazine rings is 1. The molecule has 1 saturated carbocycles. The lowest BCUT2D eigenvalue weighted by Gasteiger charge is -2.46. The summed E-state index contributed by atoms with van der Waals surface area (Å²) in [4.78, 5) is 28.4. The second kappa shape index (κ2) is 13.3. The normalized spacial score (nSPS) is 22.5. The number of benzene rings is 2. The monoisotopic (exact) mass is 631 g/mol. The average molecular weight is 632 g/mol. The lowest BCUT2D eigenvalue weighted by atomic mass is 9.83. The Bertz CT molecular complexity index is 1310. The Labute approximate surface area is 251 Å². The van der Waals surface area contributed by atoms with Gasteiger partial charge in [-0.1, -0.05) is 13.0 Å². The van der Waals surface area contributed by atoms with Crippen LogP contribution in [0.4, 0.5) is 35.5 Å². The van der Waals surface area contributed by atoms with Crippen LogP contribution in [0.3, 0.4) is 0 Å². The molecule has 2 N–H and O–H groups in total. The van der Waals surface area contributed by atoms with Crippen LogP contribution in [0.25, 0.3) is 0 Å². The molecule has 1 unspecified atom stereocenters. The van der Waals surface area contributed by atoms with Gasteiger partial charge in [0.2, 0.25) is 0 Å². The zero-order valence-electron chi connectivity index (χ0n) is 24.4. The number of aliphatic carboxylic acids is 1. The third-order valence-corrected chi connectivity index (χ3v) is 8.80. The van der Waals surface area contributed by atoms with Gasteiger partial charge in [0.25, 0.3) is 0 Å². The number of rotatable bonds is 7. The molecule has 242 valence electrons. The van der Waals surface area contributed by atoms with Gasteiger partial charge in [-0.25, -0.2) is 9.18 Å². The number of carboxylic acid groups (broad SMARTS) is 1. The Morgan fingerprint density at radius 1 is 0.955 bits per heavy atom. The summed E-state index contributed by atoms with van der Waals surface area (Å²) in [5, 5.41) is 11.8. The maximum atomic E-state index is 14.0. The highest BCUT2D eigenvalue weighted by Gasteiger charge is 2.39. The summed E-state index contributed by atoms with van der Waals surface area (Å²) >= 11 is 0. The van der Waals surface area contributed by atoms with Gasteiger partial charge >= 0.3 is 24.4 Å². The molecule has 2 atom stereocenters. The Balaban J connectivity index is 1.49. The molecule has 44 heavy (non-hydrogen) atoms. The van der Waals surface area contributed by atoms with Crippen molar-refractivity contribution in [2.45, 2.75) is 76.3 Å². The van der Waals surface area contributed by atoms with Gasteiger partial charge in [-0.2, -0.15) is 26.3 Å². The maximum absolute atomic E-state index is 14.0. The lowest BCUT2D eigenvalue weighted by Crippen LogP contribution is -2.56. The Morgan fingerprint density at radius 3 is 2.11 bits per heavy atom. The number of carboxylic acids is 1. The Kier molecular flexibility index (Phi) is 10.2. The van der Waals surface area contributed by atoms with Crippen molar-refractivity contribution in [3.8, 4) is 0 Å². The molecule has 0 bridgehead atoms. The van der Waals surface area contributed by atoms with E-state index in [4.69, 9.17) is 5.11 Å². The van der Waals surface area contributed by atoms with E-state index in [9.17, 15) is 40.3 Å². The van der Waals surface area contributed by atoms with Gasteiger partial charge in [0.15, 0.2) is 0 Å². The van der Waals surface area contributed by atoms with Crippen molar-refractivity contribution in [2.75, 3.05) is 26.2 Å². The first kappa shape index (κ1) is 33.5. The number of urea groups is 1. The van der Waals surface area contributed by atoms with E-state index in [-0.39, 0.29) is 36.6 Å². The van der Waals surface area contributed by atoms with Crippen LogP contribution >= 0.6 is 0 Å². The van der Waals surface area contributed by atoms with E-state index >= 15 is 0 Å². The summed E-state index contributed by atoms with van der Waals surface area (Å²) in [5.41, 5.74) is -1.67. The molecule has 13 heteroatoms. The molecule has 4 rings (SSSR count).